The molecule has 16 nitrogen and oxygen atoms in total. The summed E-state index contributed by atoms with van der Waals surface area (Å²) in [6, 6.07) is 22.9. The summed E-state index contributed by atoms with van der Waals surface area (Å²) in [5.74, 6) is -1.70. The molecular formula is C46H49N9O7. The Bertz CT molecular complexity index is 2440. The smallest absolute Gasteiger partial charge is 0.262 e. The molecule has 62 heavy (non-hydrogen) atoms. The van der Waals surface area contributed by atoms with Crippen LogP contribution in [0.2, 0.25) is 0 Å². The van der Waals surface area contributed by atoms with Gasteiger partial charge in [-0.1, -0.05) is 48.5 Å². The molecule has 4 fully saturated rings. The Morgan fingerprint density at radius 3 is 2.15 bits per heavy atom. The number of likely N-dealkylation sites (tertiary alicyclic amines) is 1. The van der Waals surface area contributed by atoms with Gasteiger partial charge in [-0.05, 0) is 73.6 Å². The molecule has 1 unspecified atom stereocenters. The Morgan fingerprint density at radius 2 is 1.44 bits per heavy atom. The van der Waals surface area contributed by atoms with Crippen molar-refractivity contribution in [1.29, 1.82) is 0 Å². The number of anilines is 2. The van der Waals surface area contributed by atoms with Crippen molar-refractivity contribution < 1.29 is 33.9 Å². The molecule has 5 aliphatic rings. The molecule has 6 heterocycles. The molecule has 6 amide bonds. The highest BCUT2D eigenvalue weighted by Crippen LogP contribution is 2.41. The van der Waals surface area contributed by atoms with Crippen LogP contribution in [0.4, 0.5) is 11.5 Å². The van der Waals surface area contributed by atoms with Gasteiger partial charge < -0.3 is 25.5 Å². The van der Waals surface area contributed by atoms with E-state index in [4.69, 9.17) is 5.73 Å². The molecule has 4 saturated heterocycles. The van der Waals surface area contributed by atoms with E-state index in [-0.39, 0.29) is 53.3 Å². The quantitative estimate of drug-likeness (QED) is 0.220. The summed E-state index contributed by atoms with van der Waals surface area (Å²) in [5, 5.41) is 21.1. The first-order valence-electron chi connectivity index (χ1n) is 21.4. The van der Waals surface area contributed by atoms with Gasteiger partial charge in [0.1, 0.15) is 11.8 Å². The van der Waals surface area contributed by atoms with Crippen LogP contribution >= 0.6 is 0 Å². The lowest BCUT2D eigenvalue weighted by atomic mass is 9.71. The average Bonchev–Trinajstić information content (AvgIpc) is 3.54. The highest BCUT2D eigenvalue weighted by atomic mass is 16.3. The summed E-state index contributed by atoms with van der Waals surface area (Å²) in [6.45, 7) is 5.05. The zero-order valence-electron chi connectivity index (χ0n) is 34.4. The molecule has 0 aliphatic carbocycles. The zero-order chi connectivity index (χ0) is 43.1. The molecule has 4 N–H and O–H groups in total. The van der Waals surface area contributed by atoms with Crippen LogP contribution in [-0.4, -0.2) is 129 Å². The van der Waals surface area contributed by atoms with Crippen LogP contribution < -0.4 is 16.0 Å². The first kappa shape index (κ1) is 40.7. The molecule has 3 aromatic carbocycles. The normalized spacial score (nSPS) is 20.9. The van der Waals surface area contributed by atoms with E-state index in [0.717, 1.165) is 16.0 Å². The van der Waals surface area contributed by atoms with Gasteiger partial charge in [-0.2, -0.15) is 0 Å². The predicted octanol–water partition coefficient (Wildman–Crippen LogP) is 2.95. The Kier molecular flexibility index (Phi) is 10.9. The lowest BCUT2D eigenvalue weighted by Gasteiger charge is -2.46. The van der Waals surface area contributed by atoms with Gasteiger partial charge in [0.05, 0.1) is 27.9 Å². The van der Waals surface area contributed by atoms with E-state index in [1.165, 1.54) is 0 Å². The number of nitrogens with two attached hydrogens (primary N) is 1. The number of nitrogen functional groups attached to an aromatic ring is 1. The van der Waals surface area contributed by atoms with Crippen LogP contribution in [0, 0.1) is 5.92 Å². The second kappa shape index (κ2) is 16.6. The number of hydrogen-bond donors (Lipinski definition) is 3. The van der Waals surface area contributed by atoms with Crippen LogP contribution in [0.3, 0.4) is 0 Å². The first-order chi connectivity index (χ1) is 30.0. The number of carbonyl (C=O) groups excluding carboxylic acids is 6. The average molecular weight is 840 g/mol. The second-order valence-electron chi connectivity index (χ2n) is 16.9. The maximum atomic E-state index is 14.7. The SMILES string of the molecule is Nc1nnc(-c2ccccc2O)cc1N1CCC(C(=O)N2CCC(C(=O)N3CCN(Cc4ccc5c(c4)C(=O)N(C4CCC(=O)NC4=O)C5=O)CC3)CC2)(c2ccccc2)CC1. The first-order valence-corrected chi connectivity index (χ1v) is 21.4. The molecule has 9 rings (SSSR count). The van der Waals surface area contributed by atoms with Crippen molar-refractivity contribution in [3.63, 3.8) is 0 Å². The minimum absolute atomic E-state index is 0.0624. The minimum atomic E-state index is -1.01. The second-order valence-corrected chi connectivity index (χ2v) is 16.9. The molecular weight excluding hydrogens is 791 g/mol. The third-order valence-corrected chi connectivity index (χ3v) is 13.4. The van der Waals surface area contributed by atoms with Crippen LogP contribution in [0.25, 0.3) is 11.3 Å². The fourth-order valence-electron chi connectivity index (χ4n) is 9.87. The Morgan fingerprint density at radius 1 is 0.742 bits per heavy atom. The summed E-state index contributed by atoms with van der Waals surface area (Å²) >= 11 is 0. The standard InChI is InChI=1S/C46H49N9O7/c47-40-37(27-35(49-50-40)33-8-4-5-9-38(33)56)52-20-16-46(17-21-52,31-6-2-1-3-7-31)45(62)54-18-14-30(15-19-54)42(59)53-24-22-51(23-25-53)28-29-10-11-32-34(26-29)44(61)55(43(32)60)36-12-13-39(57)48-41(36)58/h1-11,26-27,30,36,56H,12-25,28H2,(H2,47,50)(H,48,57,58). The van der Waals surface area contributed by atoms with Gasteiger partial charge in [-0.15, -0.1) is 10.2 Å². The van der Waals surface area contributed by atoms with Gasteiger partial charge in [-0.3, -0.25) is 43.9 Å². The summed E-state index contributed by atoms with van der Waals surface area (Å²) in [7, 11) is 0. The highest BCUT2D eigenvalue weighted by molar-refractivity contribution is 6.23. The molecule has 320 valence electrons. The number of benzene rings is 3. The number of amides is 6. The van der Waals surface area contributed by atoms with Gasteiger partial charge in [0.15, 0.2) is 5.82 Å². The summed E-state index contributed by atoms with van der Waals surface area (Å²) in [4.78, 5) is 88.3. The fourth-order valence-corrected chi connectivity index (χ4v) is 9.87. The maximum Gasteiger partial charge on any atom is 0.262 e. The van der Waals surface area contributed by atoms with Crippen molar-refractivity contribution in [1.82, 2.24) is 35.1 Å². The van der Waals surface area contributed by atoms with Gasteiger partial charge in [0.25, 0.3) is 11.8 Å². The van der Waals surface area contributed by atoms with Crippen LogP contribution in [0.5, 0.6) is 5.75 Å². The third kappa shape index (κ3) is 7.52. The van der Waals surface area contributed by atoms with Crippen molar-refractivity contribution in [2.24, 2.45) is 5.92 Å². The number of aromatic hydroxyl groups is 1. The van der Waals surface area contributed by atoms with Gasteiger partial charge >= 0.3 is 0 Å². The van der Waals surface area contributed by atoms with Gasteiger partial charge in [0, 0.05) is 76.8 Å². The van der Waals surface area contributed by atoms with Gasteiger partial charge in [-0.25, -0.2) is 0 Å². The van der Waals surface area contributed by atoms with Crippen LogP contribution in [0.15, 0.2) is 78.9 Å². The number of para-hydroxylation sites is 1. The Balaban J connectivity index is 0.793. The summed E-state index contributed by atoms with van der Waals surface area (Å²) in [6.07, 6.45) is 2.47. The number of aromatic nitrogens is 2. The van der Waals surface area contributed by atoms with Crippen molar-refractivity contribution in [3.05, 3.63) is 101 Å². The molecule has 0 radical (unpaired) electrons. The maximum absolute atomic E-state index is 14.7. The molecule has 0 bridgehead atoms. The monoisotopic (exact) mass is 839 g/mol. The number of carbonyl (C=O) groups is 6. The number of phenolic OH excluding ortho intramolecular Hbond substituents is 1. The Labute approximate surface area is 358 Å². The molecule has 0 spiro atoms. The van der Waals surface area contributed by atoms with Crippen molar-refractivity contribution >= 4 is 46.9 Å². The van der Waals surface area contributed by atoms with E-state index >= 15 is 0 Å². The number of nitrogens with zero attached hydrogens (tertiary/aromatic N) is 7. The number of fused-ring (bicyclic) bond motifs is 1. The topological polar surface area (TPSA) is 203 Å². The summed E-state index contributed by atoms with van der Waals surface area (Å²) in [5.41, 5.74) is 9.73. The van der Waals surface area contributed by atoms with Crippen molar-refractivity contribution in [3.8, 4) is 17.0 Å². The number of imide groups is 2. The molecule has 4 aromatic rings. The molecule has 5 aliphatic heterocycles. The molecule has 16 heteroatoms. The summed E-state index contributed by atoms with van der Waals surface area (Å²) < 4.78 is 0. The molecule has 0 saturated carbocycles. The third-order valence-electron chi connectivity index (χ3n) is 13.4. The van der Waals surface area contributed by atoms with E-state index in [1.807, 2.05) is 58.3 Å². The van der Waals surface area contributed by atoms with E-state index in [0.29, 0.717) is 102 Å². The minimum Gasteiger partial charge on any atom is -0.507 e. The number of piperazine rings is 1. The predicted molar refractivity (Wildman–Crippen MR) is 227 cm³/mol. The number of nitrogens with one attached hydrogen (secondary N) is 1. The number of hydrogen-bond acceptors (Lipinski definition) is 12. The molecule has 1 atom stereocenters. The van der Waals surface area contributed by atoms with Crippen molar-refractivity contribution in [2.75, 3.05) is 63.0 Å². The van der Waals surface area contributed by atoms with E-state index in [2.05, 4.69) is 25.3 Å². The van der Waals surface area contributed by atoms with E-state index in [9.17, 15) is 33.9 Å². The van der Waals surface area contributed by atoms with Gasteiger partial charge in [0.2, 0.25) is 23.6 Å². The van der Waals surface area contributed by atoms with E-state index < -0.39 is 35.1 Å². The largest absolute Gasteiger partial charge is 0.507 e. The van der Waals surface area contributed by atoms with Crippen LogP contribution in [0.1, 0.15) is 70.4 Å². The highest BCUT2D eigenvalue weighted by Gasteiger charge is 2.47. The lowest BCUT2D eigenvalue weighted by molar-refractivity contribution is -0.145. The van der Waals surface area contributed by atoms with E-state index in [1.54, 1.807) is 30.3 Å². The lowest BCUT2D eigenvalue weighted by Crippen LogP contribution is -2.56. The number of piperidine rings is 3. The van der Waals surface area contributed by atoms with Crippen LogP contribution in [-0.2, 0) is 31.1 Å². The van der Waals surface area contributed by atoms with Crippen molar-refractivity contribution in [2.45, 2.75) is 56.5 Å². The number of phenols is 1. The number of rotatable bonds is 8. The zero-order valence-corrected chi connectivity index (χ0v) is 34.4. The Hall–Kier alpha value is -6.68. The fraction of sp³-hybridized carbons (Fsp3) is 0.391. The molecule has 1 aromatic heterocycles.